The molecule has 2 aliphatic rings. The molecule has 2 fully saturated rings. The minimum Gasteiger partial charge on any atom is -0.339 e. The molecule has 0 radical (unpaired) electrons. The average Bonchev–Trinajstić information content (AvgIpc) is 3.10. The number of amides is 2. The second-order valence-electron chi connectivity index (χ2n) is 7.80. The first-order valence-electron chi connectivity index (χ1n) is 10.5. The lowest BCUT2D eigenvalue weighted by Crippen LogP contribution is -2.31. The van der Waals surface area contributed by atoms with Gasteiger partial charge < -0.3 is 15.5 Å². The first kappa shape index (κ1) is 22.2. The van der Waals surface area contributed by atoms with E-state index in [9.17, 15) is 9.59 Å². The number of hydrogen-bond acceptors (Lipinski definition) is 5. The first-order valence-corrected chi connectivity index (χ1v) is 10.5. The SMILES string of the molecule is Cl.O=C(Nc1ccc(C(=O)N2CCCCCC2)cc1)c1cn(C2CCNCC2)nn1. The van der Waals surface area contributed by atoms with Crippen molar-refractivity contribution < 1.29 is 9.59 Å². The van der Waals surface area contributed by atoms with Gasteiger partial charge in [-0.3, -0.25) is 9.59 Å². The van der Waals surface area contributed by atoms with Gasteiger partial charge in [-0.2, -0.15) is 0 Å². The van der Waals surface area contributed by atoms with Crippen LogP contribution in [0, 0.1) is 0 Å². The van der Waals surface area contributed by atoms with Crippen LogP contribution in [0.3, 0.4) is 0 Å². The Balaban J connectivity index is 0.00000256. The van der Waals surface area contributed by atoms with Gasteiger partial charge in [-0.05, 0) is 63.0 Å². The summed E-state index contributed by atoms with van der Waals surface area (Å²) in [6.45, 7) is 3.55. The maximum atomic E-state index is 12.7. The first-order chi connectivity index (χ1) is 14.2. The van der Waals surface area contributed by atoms with E-state index in [2.05, 4.69) is 20.9 Å². The Morgan fingerprint density at radius 3 is 2.33 bits per heavy atom. The standard InChI is InChI=1S/C21H28N6O2.ClH/c28-20(19-15-27(25-24-19)18-9-11-22-12-10-18)23-17-7-5-16(6-8-17)21(29)26-13-3-1-2-4-14-26;/h5-8,15,18,22H,1-4,9-14H2,(H,23,28);1H. The fraction of sp³-hybridized carbons (Fsp3) is 0.524. The molecular formula is C21H29ClN6O2. The molecule has 0 aliphatic carbocycles. The minimum atomic E-state index is -0.295. The van der Waals surface area contributed by atoms with Crippen molar-refractivity contribution in [3.8, 4) is 0 Å². The molecule has 0 saturated carbocycles. The fourth-order valence-electron chi connectivity index (χ4n) is 3.98. The van der Waals surface area contributed by atoms with Gasteiger partial charge in [0.2, 0.25) is 0 Å². The van der Waals surface area contributed by atoms with Crippen molar-refractivity contribution in [1.82, 2.24) is 25.2 Å². The lowest BCUT2D eigenvalue weighted by molar-refractivity contribution is 0.0761. The van der Waals surface area contributed by atoms with Crippen LogP contribution in [0.2, 0.25) is 0 Å². The van der Waals surface area contributed by atoms with E-state index in [0.717, 1.165) is 51.9 Å². The number of aromatic nitrogens is 3. The fourth-order valence-corrected chi connectivity index (χ4v) is 3.98. The lowest BCUT2D eigenvalue weighted by Gasteiger charge is -2.22. The molecule has 30 heavy (non-hydrogen) atoms. The van der Waals surface area contributed by atoms with Gasteiger partial charge in [0.1, 0.15) is 0 Å². The number of nitrogens with zero attached hydrogens (tertiary/aromatic N) is 4. The Kier molecular flexibility index (Phi) is 7.81. The van der Waals surface area contributed by atoms with Crippen LogP contribution >= 0.6 is 12.4 Å². The van der Waals surface area contributed by atoms with E-state index in [4.69, 9.17) is 0 Å². The van der Waals surface area contributed by atoms with Gasteiger partial charge in [-0.1, -0.05) is 18.1 Å². The molecule has 1 aromatic carbocycles. The van der Waals surface area contributed by atoms with Gasteiger partial charge in [-0.15, -0.1) is 17.5 Å². The minimum absolute atomic E-state index is 0. The Morgan fingerprint density at radius 2 is 1.67 bits per heavy atom. The number of anilines is 1. The smallest absolute Gasteiger partial charge is 0.277 e. The van der Waals surface area contributed by atoms with Crippen LogP contribution in [0.1, 0.15) is 65.4 Å². The number of benzene rings is 1. The second kappa shape index (κ2) is 10.5. The highest BCUT2D eigenvalue weighted by Gasteiger charge is 2.20. The Morgan fingerprint density at radius 1 is 1.00 bits per heavy atom. The van der Waals surface area contributed by atoms with Crippen molar-refractivity contribution in [1.29, 1.82) is 0 Å². The van der Waals surface area contributed by atoms with Crippen molar-refractivity contribution in [3.63, 3.8) is 0 Å². The highest BCUT2D eigenvalue weighted by atomic mass is 35.5. The molecule has 0 spiro atoms. The van der Waals surface area contributed by atoms with Crippen LogP contribution in [0.25, 0.3) is 0 Å². The van der Waals surface area contributed by atoms with Crippen molar-refractivity contribution in [2.24, 2.45) is 0 Å². The van der Waals surface area contributed by atoms with Crippen LogP contribution in [-0.2, 0) is 0 Å². The molecule has 0 bridgehead atoms. The van der Waals surface area contributed by atoms with Gasteiger partial charge in [0, 0.05) is 24.3 Å². The highest BCUT2D eigenvalue weighted by molar-refractivity contribution is 6.03. The monoisotopic (exact) mass is 432 g/mol. The topological polar surface area (TPSA) is 92.2 Å². The number of hydrogen-bond donors (Lipinski definition) is 2. The van der Waals surface area contributed by atoms with E-state index in [-0.39, 0.29) is 30.3 Å². The summed E-state index contributed by atoms with van der Waals surface area (Å²) >= 11 is 0. The zero-order chi connectivity index (χ0) is 20.1. The van der Waals surface area contributed by atoms with Crippen LogP contribution < -0.4 is 10.6 Å². The maximum absolute atomic E-state index is 12.7. The lowest BCUT2D eigenvalue weighted by atomic mass is 10.1. The van der Waals surface area contributed by atoms with Crippen LogP contribution in [0.15, 0.2) is 30.5 Å². The normalized spacial score (nSPS) is 17.7. The Labute approximate surface area is 182 Å². The summed E-state index contributed by atoms with van der Waals surface area (Å²) in [6, 6.07) is 7.36. The predicted molar refractivity (Wildman–Crippen MR) is 117 cm³/mol. The van der Waals surface area contributed by atoms with E-state index < -0.39 is 0 Å². The van der Waals surface area contributed by atoms with E-state index in [0.29, 0.717) is 16.9 Å². The summed E-state index contributed by atoms with van der Waals surface area (Å²) in [4.78, 5) is 27.1. The maximum Gasteiger partial charge on any atom is 0.277 e. The summed E-state index contributed by atoms with van der Waals surface area (Å²) in [5.41, 5.74) is 1.59. The Hall–Kier alpha value is -2.45. The molecule has 2 saturated heterocycles. The van der Waals surface area contributed by atoms with Crippen LogP contribution in [0.4, 0.5) is 5.69 Å². The molecule has 3 heterocycles. The van der Waals surface area contributed by atoms with Gasteiger partial charge >= 0.3 is 0 Å². The van der Waals surface area contributed by atoms with Crippen molar-refractivity contribution in [2.75, 3.05) is 31.5 Å². The summed E-state index contributed by atoms with van der Waals surface area (Å²) in [5.74, 6) is -0.230. The van der Waals surface area contributed by atoms with Gasteiger partial charge in [0.15, 0.2) is 5.69 Å². The van der Waals surface area contributed by atoms with E-state index in [1.165, 1.54) is 12.8 Å². The van der Waals surface area contributed by atoms with Crippen molar-refractivity contribution in [2.45, 2.75) is 44.6 Å². The number of carbonyl (C=O) groups excluding carboxylic acids is 2. The summed E-state index contributed by atoms with van der Waals surface area (Å²) in [7, 11) is 0. The molecule has 2 N–H and O–H groups in total. The average molecular weight is 433 g/mol. The predicted octanol–water partition coefficient (Wildman–Crippen LogP) is 2.89. The summed E-state index contributed by atoms with van der Waals surface area (Å²) in [6.07, 6.45) is 8.19. The Bertz CT molecular complexity index is 839. The molecule has 9 heteroatoms. The molecule has 8 nitrogen and oxygen atoms in total. The number of rotatable bonds is 4. The number of piperidine rings is 1. The molecular weight excluding hydrogens is 404 g/mol. The van der Waals surface area contributed by atoms with E-state index in [1.807, 2.05) is 4.90 Å². The highest BCUT2D eigenvalue weighted by Crippen LogP contribution is 2.18. The van der Waals surface area contributed by atoms with E-state index in [1.54, 1.807) is 35.1 Å². The zero-order valence-electron chi connectivity index (χ0n) is 17.0. The molecule has 1 aromatic heterocycles. The van der Waals surface area contributed by atoms with Gasteiger partial charge in [0.05, 0.1) is 12.2 Å². The molecule has 4 rings (SSSR count). The molecule has 0 atom stereocenters. The van der Waals surface area contributed by atoms with E-state index >= 15 is 0 Å². The molecule has 2 aliphatic heterocycles. The molecule has 0 unspecified atom stereocenters. The second-order valence-corrected chi connectivity index (χ2v) is 7.80. The molecule has 2 amide bonds. The third kappa shape index (κ3) is 5.37. The molecule has 2 aromatic rings. The number of nitrogens with one attached hydrogen (secondary N) is 2. The van der Waals surface area contributed by atoms with Crippen molar-refractivity contribution >= 4 is 29.9 Å². The van der Waals surface area contributed by atoms with Crippen LogP contribution in [-0.4, -0.2) is 57.9 Å². The zero-order valence-corrected chi connectivity index (χ0v) is 17.9. The summed E-state index contributed by atoms with van der Waals surface area (Å²) in [5, 5.41) is 14.3. The van der Waals surface area contributed by atoms with Crippen LogP contribution in [0.5, 0.6) is 0 Å². The third-order valence-electron chi connectivity index (χ3n) is 5.71. The number of halogens is 1. The number of likely N-dealkylation sites (tertiary alicyclic amines) is 1. The van der Waals surface area contributed by atoms with Crippen molar-refractivity contribution in [3.05, 3.63) is 41.7 Å². The van der Waals surface area contributed by atoms with Gasteiger partial charge in [0.25, 0.3) is 11.8 Å². The third-order valence-corrected chi connectivity index (χ3v) is 5.71. The largest absolute Gasteiger partial charge is 0.339 e. The number of carbonyl (C=O) groups is 2. The molecule has 162 valence electrons. The summed E-state index contributed by atoms with van der Waals surface area (Å²) < 4.78 is 1.79. The van der Waals surface area contributed by atoms with Gasteiger partial charge in [-0.25, -0.2) is 4.68 Å². The quantitative estimate of drug-likeness (QED) is 0.775.